The summed E-state index contributed by atoms with van der Waals surface area (Å²) in [6.45, 7) is 1.40. The van der Waals surface area contributed by atoms with Crippen LogP contribution in [0.2, 0.25) is 0 Å². The number of hydrogen-bond donors (Lipinski definition) is 1. The number of piperidine rings is 1. The van der Waals surface area contributed by atoms with Gasteiger partial charge in [-0.3, -0.25) is 14.4 Å². The van der Waals surface area contributed by atoms with Crippen molar-refractivity contribution < 1.29 is 40.7 Å². The largest absolute Gasteiger partial charge is 0.416 e. The number of nitrogens with two attached hydrogens (primary N) is 1. The second-order valence-corrected chi connectivity index (χ2v) is 9.14. The van der Waals surface area contributed by atoms with Crippen LogP contribution in [0.5, 0.6) is 0 Å². The second kappa shape index (κ2) is 10.4. The number of carbonyl (C=O) groups is 3. The molecule has 1 heterocycles. The molecule has 2 aromatic carbocycles. The predicted octanol–water partition coefficient (Wildman–Crippen LogP) is 4.11. The van der Waals surface area contributed by atoms with Gasteiger partial charge in [0.05, 0.1) is 11.1 Å². The number of nitrogens with zero attached hydrogens (tertiary/aromatic N) is 2. The van der Waals surface area contributed by atoms with Crippen LogP contribution in [-0.2, 0) is 33.3 Å². The molecule has 1 fully saturated rings. The van der Waals surface area contributed by atoms with Crippen molar-refractivity contribution in [1.82, 2.24) is 9.80 Å². The lowest BCUT2D eigenvalue weighted by Crippen LogP contribution is -2.50. The topological polar surface area (TPSA) is 83.7 Å². The molecule has 1 aliphatic rings. The second-order valence-electron chi connectivity index (χ2n) is 9.14. The third-order valence-electron chi connectivity index (χ3n) is 6.38. The van der Waals surface area contributed by atoms with Crippen molar-refractivity contribution in [1.29, 1.82) is 0 Å². The summed E-state index contributed by atoms with van der Waals surface area (Å²) in [7, 11) is 1.29. The van der Waals surface area contributed by atoms with E-state index in [1.54, 1.807) is 24.3 Å². The molecule has 0 aromatic heterocycles. The van der Waals surface area contributed by atoms with Gasteiger partial charge in [-0.1, -0.05) is 29.8 Å². The summed E-state index contributed by atoms with van der Waals surface area (Å²) in [4.78, 5) is 39.3. The van der Waals surface area contributed by atoms with E-state index in [0.29, 0.717) is 17.7 Å². The molecule has 0 aliphatic carbocycles. The van der Waals surface area contributed by atoms with Gasteiger partial charge in [-0.05, 0) is 42.7 Å². The van der Waals surface area contributed by atoms with Gasteiger partial charge in [0, 0.05) is 38.5 Å². The number of rotatable bonds is 4. The van der Waals surface area contributed by atoms with Gasteiger partial charge >= 0.3 is 24.2 Å². The summed E-state index contributed by atoms with van der Waals surface area (Å²) < 4.78 is 79.4. The molecule has 1 aliphatic heterocycles. The number of likely N-dealkylation sites (tertiary alicyclic amines) is 1. The van der Waals surface area contributed by atoms with Crippen LogP contribution in [0.25, 0.3) is 0 Å². The summed E-state index contributed by atoms with van der Waals surface area (Å²) >= 11 is 0. The Morgan fingerprint density at radius 3 is 2.00 bits per heavy atom. The van der Waals surface area contributed by atoms with Crippen molar-refractivity contribution in [2.45, 2.75) is 38.2 Å². The van der Waals surface area contributed by atoms with Crippen LogP contribution in [0.4, 0.5) is 26.3 Å². The van der Waals surface area contributed by atoms with E-state index in [1.807, 2.05) is 6.92 Å². The first-order valence-electron chi connectivity index (χ1n) is 11.3. The zero-order valence-corrected chi connectivity index (χ0v) is 20.0. The van der Waals surface area contributed by atoms with Crippen LogP contribution in [0.15, 0.2) is 42.5 Å². The zero-order chi connectivity index (χ0) is 27.7. The molecule has 2 aromatic rings. The molecule has 12 heteroatoms. The van der Waals surface area contributed by atoms with Crippen LogP contribution in [-0.4, -0.2) is 47.7 Å². The maximum atomic E-state index is 13.4. The minimum Gasteiger partial charge on any atom is -0.361 e. The van der Waals surface area contributed by atoms with Gasteiger partial charge in [0.1, 0.15) is 0 Å². The molecule has 3 amide bonds. The first-order chi connectivity index (χ1) is 17.1. The Hall–Kier alpha value is -3.57. The van der Waals surface area contributed by atoms with Crippen LogP contribution < -0.4 is 5.73 Å². The van der Waals surface area contributed by atoms with Crippen molar-refractivity contribution >= 4 is 17.7 Å². The smallest absolute Gasteiger partial charge is 0.361 e. The highest BCUT2D eigenvalue weighted by molar-refractivity contribution is 6.34. The Labute approximate surface area is 209 Å². The third-order valence-corrected chi connectivity index (χ3v) is 6.38. The average molecular weight is 529 g/mol. The Balaban J connectivity index is 1.90. The van der Waals surface area contributed by atoms with Crippen LogP contribution in [0.3, 0.4) is 0 Å². The molecule has 200 valence electrons. The molecule has 3 rings (SSSR count). The van der Waals surface area contributed by atoms with Crippen LogP contribution in [0.1, 0.15) is 40.2 Å². The van der Waals surface area contributed by atoms with Gasteiger partial charge in [0.15, 0.2) is 0 Å². The van der Waals surface area contributed by atoms with Crippen molar-refractivity contribution in [2.24, 2.45) is 11.7 Å². The SMILES string of the molecule is Cc1ccc([C@@H]2CN(C(=O)C(N)=O)CC[C@H]2C(=O)N(C)Cc2cc(C(F)(F)F)cc(C(F)(F)F)c2)cc1. The van der Waals surface area contributed by atoms with E-state index in [1.165, 1.54) is 11.9 Å². The molecule has 0 radical (unpaired) electrons. The molecule has 6 nitrogen and oxygen atoms in total. The first kappa shape index (κ1) is 28.0. The van der Waals surface area contributed by atoms with E-state index in [-0.39, 0.29) is 31.1 Å². The van der Waals surface area contributed by atoms with Gasteiger partial charge in [-0.2, -0.15) is 26.3 Å². The lowest BCUT2D eigenvalue weighted by Gasteiger charge is -2.39. The van der Waals surface area contributed by atoms with E-state index in [0.717, 1.165) is 10.5 Å². The molecule has 0 saturated carbocycles. The minimum atomic E-state index is -5.01. The number of alkyl halides is 6. The highest BCUT2D eigenvalue weighted by atomic mass is 19.4. The first-order valence-corrected chi connectivity index (χ1v) is 11.3. The summed E-state index contributed by atoms with van der Waals surface area (Å²) in [5, 5.41) is 0. The minimum absolute atomic E-state index is 0.00311. The predicted molar refractivity (Wildman–Crippen MR) is 121 cm³/mol. The number of primary amides is 1. The summed E-state index contributed by atoms with van der Waals surface area (Å²) in [6, 6.07) is 8.34. The lowest BCUT2D eigenvalue weighted by molar-refractivity contribution is -0.147. The summed E-state index contributed by atoms with van der Waals surface area (Å²) in [5.41, 5.74) is 3.50. The molecule has 37 heavy (non-hydrogen) atoms. The molecule has 0 unspecified atom stereocenters. The highest BCUT2D eigenvalue weighted by Crippen LogP contribution is 2.37. The van der Waals surface area contributed by atoms with Gasteiger partial charge < -0.3 is 15.5 Å². The van der Waals surface area contributed by atoms with Crippen LogP contribution >= 0.6 is 0 Å². The maximum Gasteiger partial charge on any atom is 0.416 e. The van der Waals surface area contributed by atoms with Gasteiger partial charge in [-0.25, -0.2) is 0 Å². The number of hydrogen-bond acceptors (Lipinski definition) is 3. The Morgan fingerprint density at radius 1 is 0.973 bits per heavy atom. The van der Waals surface area contributed by atoms with Gasteiger partial charge in [0.25, 0.3) is 0 Å². The van der Waals surface area contributed by atoms with Crippen molar-refractivity contribution in [3.8, 4) is 0 Å². The Kier molecular flexibility index (Phi) is 7.89. The molecular weight excluding hydrogens is 504 g/mol. The van der Waals surface area contributed by atoms with Crippen molar-refractivity contribution in [3.63, 3.8) is 0 Å². The highest BCUT2D eigenvalue weighted by Gasteiger charge is 2.40. The van der Waals surface area contributed by atoms with E-state index < -0.39 is 59.6 Å². The molecular formula is C25H25F6N3O3. The molecule has 0 bridgehead atoms. The normalized spacial score (nSPS) is 18.4. The van der Waals surface area contributed by atoms with Gasteiger partial charge in [-0.15, -0.1) is 0 Å². The molecule has 1 saturated heterocycles. The maximum absolute atomic E-state index is 13.4. The van der Waals surface area contributed by atoms with Gasteiger partial charge in [0.2, 0.25) is 5.91 Å². The number of aryl methyl sites for hydroxylation is 1. The van der Waals surface area contributed by atoms with E-state index >= 15 is 0 Å². The standard InChI is InChI=1S/C25H25F6N3O3/c1-14-3-5-16(6-4-14)20-13-34(23(37)21(32)35)8-7-19(20)22(36)33(2)12-15-9-17(24(26,27)28)11-18(10-15)25(29,30)31/h3-6,9-11,19-20H,7-8,12-13H2,1-2H3,(H2,32,35)/t19-,20+/m1/s1. The van der Waals surface area contributed by atoms with Crippen molar-refractivity contribution in [2.75, 3.05) is 20.1 Å². The summed E-state index contributed by atoms with van der Waals surface area (Å²) in [5.74, 6) is -3.87. The van der Waals surface area contributed by atoms with E-state index in [2.05, 4.69) is 0 Å². The average Bonchev–Trinajstić information content (AvgIpc) is 2.81. The third kappa shape index (κ3) is 6.60. The number of amides is 3. The number of benzene rings is 2. The zero-order valence-electron chi connectivity index (χ0n) is 20.0. The fourth-order valence-corrected chi connectivity index (χ4v) is 4.48. The molecule has 2 N–H and O–H groups in total. The van der Waals surface area contributed by atoms with E-state index in [9.17, 15) is 40.7 Å². The molecule has 0 spiro atoms. The number of halogens is 6. The fraction of sp³-hybridized carbons (Fsp3) is 0.400. The lowest BCUT2D eigenvalue weighted by atomic mass is 9.79. The molecule has 2 atom stereocenters. The Bertz CT molecular complexity index is 1150. The monoisotopic (exact) mass is 529 g/mol. The fourth-order valence-electron chi connectivity index (χ4n) is 4.48. The summed E-state index contributed by atoms with van der Waals surface area (Å²) in [6.07, 6.45) is -9.89. The van der Waals surface area contributed by atoms with E-state index in [4.69, 9.17) is 5.73 Å². The van der Waals surface area contributed by atoms with Crippen molar-refractivity contribution in [3.05, 3.63) is 70.3 Å². The Morgan fingerprint density at radius 2 is 1.51 bits per heavy atom. The quantitative estimate of drug-likeness (QED) is 0.478. The van der Waals surface area contributed by atoms with Crippen LogP contribution in [0, 0.1) is 12.8 Å². The number of carbonyl (C=O) groups excluding carboxylic acids is 3.